The predicted octanol–water partition coefficient (Wildman–Crippen LogP) is 5.14. The Labute approximate surface area is 161 Å². The number of piperidine rings is 1. The standard InChI is InChI=1S/C23H27N3O/c1-2-5-17-12-14-26(15-13-17)19-10-8-18(9-11-19)24-16-21-20-6-3-4-7-22(20)25-23(21)27/h3-4,6-11,16-17,21H,2,5,12-15H2,1H3,(H,25,27). The Morgan fingerprint density at radius 2 is 1.85 bits per heavy atom. The molecule has 4 nitrogen and oxygen atoms in total. The van der Waals surface area contributed by atoms with Crippen molar-refractivity contribution >= 4 is 29.2 Å². The molecule has 2 aromatic carbocycles. The zero-order chi connectivity index (χ0) is 18.6. The summed E-state index contributed by atoms with van der Waals surface area (Å²) in [5.41, 5.74) is 4.04. The second kappa shape index (κ2) is 7.95. The van der Waals surface area contributed by atoms with Gasteiger partial charge in [0.25, 0.3) is 0 Å². The molecule has 0 bridgehead atoms. The Bertz CT molecular complexity index is 820. The van der Waals surface area contributed by atoms with Gasteiger partial charge in [0.05, 0.1) is 5.69 Å². The van der Waals surface area contributed by atoms with E-state index in [1.807, 2.05) is 36.4 Å². The number of rotatable bonds is 5. The molecular weight excluding hydrogens is 334 g/mol. The first-order chi connectivity index (χ1) is 13.2. The zero-order valence-electron chi connectivity index (χ0n) is 15.9. The largest absolute Gasteiger partial charge is 0.372 e. The summed E-state index contributed by atoms with van der Waals surface area (Å²) in [6.45, 7) is 4.57. The first-order valence-electron chi connectivity index (χ1n) is 10.0. The molecule has 1 amide bonds. The van der Waals surface area contributed by atoms with E-state index in [4.69, 9.17) is 0 Å². The predicted molar refractivity (Wildman–Crippen MR) is 112 cm³/mol. The van der Waals surface area contributed by atoms with Gasteiger partial charge in [-0.25, -0.2) is 0 Å². The van der Waals surface area contributed by atoms with E-state index >= 15 is 0 Å². The lowest BCUT2D eigenvalue weighted by molar-refractivity contribution is -0.115. The van der Waals surface area contributed by atoms with E-state index < -0.39 is 0 Å². The Morgan fingerprint density at radius 3 is 2.59 bits per heavy atom. The highest BCUT2D eigenvalue weighted by molar-refractivity contribution is 6.12. The van der Waals surface area contributed by atoms with E-state index in [0.717, 1.165) is 35.9 Å². The van der Waals surface area contributed by atoms with Crippen molar-refractivity contribution in [3.8, 4) is 0 Å². The van der Waals surface area contributed by atoms with Gasteiger partial charge in [-0.15, -0.1) is 0 Å². The Morgan fingerprint density at radius 1 is 1.11 bits per heavy atom. The summed E-state index contributed by atoms with van der Waals surface area (Å²) in [5.74, 6) is 0.584. The summed E-state index contributed by atoms with van der Waals surface area (Å²) < 4.78 is 0. The van der Waals surface area contributed by atoms with Crippen molar-refractivity contribution in [2.24, 2.45) is 10.9 Å². The molecule has 0 aliphatic carbocycles. The van der Waals surface area contributed by atoms with Gasteiger partial charge in [0.15, 0.2) is 0 Å². The molecule has 1 atom stereocenters. The van der Waals surface area contributed by atoms with Gasteiger partial charge >= 0.3 is 0 Å². The molecule has 1 fully saturated rings. The molecule has 1 unspecified atom stereocenters. The number of nitrogens with zero attached hydrogens (tertiary/aromatic N) is 2. The quantitative estimate of drug-likeness (QED) is 0.749. The van der Waals surface area contributed by atoms with E-state index in [1.54, 1.807) is 6.21 Å². The van der Waals surface area contributed by atoms with Crippen molar-refractivity contribution in [1.29, 1.82) is 0 Å². The van der Waals surface area contributed by atoms with Crippen molar-refractivity contribution in [2.45, 2.75) is 38.5 Å². The Balaban J connectivity index is 1.40. The van der Waals surface area contributed by atoms with Crippen molar-refractivity contribution in [1.82, 2.24) is 0 Å². The van der Waals surface area contributed by atoms with Crippen LogP contribution in [0.4, 0.5) is 17.1 Å². The molecule has 1 saturated heterocycles. The molecule has 27 heavy (non-hydrogen) atoms. The molecule has 2 aliphatic rings. The average molecular weight is 361 g/mol. The van der Waals surface area contributed by atoms with E-state index in [-0.39, 0.29) is 11.8 Å². The van der Waals surface area contributed by atoms with Gasteiger partial charge in [0.1, 0.15) is 5.92 Å². The second-order valence-corrected chi connectivity index (χ2v) is 7.57. The lowest BCUT2D eigenvalue weighted by Crippen LogP contribution is -2.33. The lowest BCUT2D eigenvalue weighted by atomic mass is 9.92. The number of benzene rings is 2. The minimum atomic E-state index is -0.307. The minimum absolute atomic E-state index is 0.00785. The number of fused-ring (bicyclic) bond motifs is 1. The molecular formula is C23H27N3O. The van der Waals surface area contributed by atoms with Crippen LogP contribution in [0.25, 0.3) is 0 Å². The highest BCUT2D eigenvalue weighted by Gasteiger charge is 2.28. The molecule has 0 aromatic heterocycles. The number of amides is 1. The van der Waals surface area contributed by atoms with Crippen LogP contribution in [0.1, 0.15) is 44.1 Å². The van der Waals surface area contributed by atoms with Gasteiger partial charge in [-0.05, 0) is 54.7 Å². The maximum absolute atomic E-state index is 12.2. The summed E-state index contributed by atoms with van der Waals surface area (Å²) in [4.78, 5) is 19.2. The molecule has 2 aliphatic heterocycles. The molecule has 1 N–H and O–H groups in total. The third kappa shape index (κ3) is 3.90. The van der Waals surface area contributed by atoms with Gasteiger partial charge < -0.3 is 10.2 Å². The number of nitrogens with one attached hydrogen (secondary N) is 1. The molecule has 140 valence electrons. The van der Waals surface area contributed by atoms with Gasteiger partial charge in [0.2, 0.25) is 5.91 Å². The first kappa shape index (κ1) is 17.8. The number of para-hydroxylation sites is 1. The highest BCUT2D eigenvalue weighted by Crippen LogP contribution is 2.32. The van der Waals surface area contributed by atoms with Crippen molar-refractivity contribution in [3.63, 3.8) is 0 Å². The van der Waals surface area contributed by atoms with E-state index in [1.165, 1.54) is 31.4 Å². The molecule has 4 rings (SSSR count). The van der Waals surface area contributed by atoms with Crippen LogP contribution in [0.15, 0.2) is 53.5 Å². The highest BCUT2D eigenvalue weighted by atomic mass is 16.2. The normalized spacial score (nSPS) is 20.1. The van der Waals surface area contributed by atoms with Gasteiger partial charge in [0, 0.05) is 30.7 Å². The number of carbonyl (C=O) groups is 1. The molecule has 4 heteroatoms. The summed E-state index contributed by atoms with van der Waals surface area (Å²) in [5, 5.41) is 2.91. The van der Waals surface area contributed by atoms with Gasteiger partial charge in [-0.2, -0.15) is 0 Å². The second-order valence-electron chi connectivity index (χ2n) is 7.57. The summed E-state index contributed by atoms with van der Waals surface area (Å²) in [7, 11) is 0. The van der Waals surface area contributed by atoms with Gasteiger partial charge in [-0.1, -0.05) is 38.0 Å². The van der Waals surface area contributed by atoms with Crippen LogP contribution < -0.4 is 10.2 Å². The van der Waals surface area contributed by atoms with Crippen LogP contribution in [0.5, 0.6) is 0 Å². The van der Waals surface area contributed by atoms with E-state index in [0.29, 0.717) is 0 Å². The minimum Gasteiger partial charge on any atom is -0.372 e. The number of hydrogen-bond acceptors (Lipinski definition) is 3. The van der Waals surface area contributed by atoms with E-state index in [2.05, 4.69) is 34.3 Å². The smallest absolute Gasteiger partial charge is 0.237 e. The Kier molecular flexibility index (Phi) is 5.23. The zero-order valence-corrected chi connectivity index (χ0v) is 15.9. The Hall–Kier alpha value is -2.62. The average Bonchev–Trinajstić information content (AvgIpc) is 3.03. The monoisotopic (exact) mass is 361 g/mol. The van der Waals surface area contributed by atoms with Crippen molar-refractivity contribution in [3.05, 3.63) is 54.1 Å². The summed E-state index contributed by atoms with van der Waals surface area (Å²) >= 11 is 0. The van der Waals surface area contributed by atoms with E-state index in [9.17, 15) is 4.79 Å². The SMILES string of the molecule is CCCC1CCN(c2ccc(N=CC3C(=O)Nc4ccccc43)cc2)CC1. The van der Waals surface area contributed by atoms with Crippen LogP contribution in [0, 0.1) is 5.92 Å². The van der Waals surface area contributed by atoms with Crippen LogP contribution in [-0.2, 0) is 4.79 Å². The maximum Gasteiger partial charge on any atom is 0.237 e. The topological polar surface area (TPSA) is 44.7 Å². The fourth-order valence-electron chi connectivity index (χ4n) is 4.18. The summed E-state index contributed by atoms with van der Waals surface area (Å²) in [6.07, 6.45) is 7.00. The van der Waals surface area contributed by atoms with Gasteiger partial charge in [-0.3, -0.25) is 9.79 Å². The van der Waals surface area contributed by atoms with Crippen LogP contribution in [-0.4, -0.2) is 25.2 Å². The molecule has 2 aromatic rings. The first-order valence-corrected chi connectivity index (χ1v) is 10.0. The molecule has 2 heterocycles. The third-order valence-corrected chi connectivity index (χ3v) is 5.74. The molecule has 0 saturated carbocycles. The number of carbonyl (C=O) groups excluding carboxylic acids is 1. The van der Waals surface area contributed by atoms with Crippen LogP contribution in [0.3, 0.4) is 0 Å². The third-order valence-electron chi connectivity index (χ3n) is 5.74. The van der Waals surface area contributed by atoms with Crippen LogP contribution >= 0.6 is 0 Å². The fraction of sp³-hybridized carbons (Fsp3) is 0.391. The number of aliphatic imine (C=N–C) groups is 1. The summed E-state index contributed by atoms with van der Waals surface area (Å²) in [6, 6.07) is 16.2. The van der Waals surface area contributed by atoms with Crippen LogP contribution in [0.2, 0.25) is 0 Å². The maximum atomic E-state index is 12.2. The molecule has 0 radical (unpaired) electrons. The molecule has 0 spiro atoms. The lowest BCUT2D eigenvalue weighted by Gasteiger charge is -2.33. The number of hydrogen-bond donors (Lipinski definition) is 1. The van der Waals surface area contributed by atoms with Crippen molar-refractivity contribution < 1.29 is 4.79 Å². The fourth-order valence-corrected chi connectivity index (χ4v) is 4.18. The number of anilines is 2. The van der Waals surface area contributed by atoms with Crippen molar-refractivity contribution in [2.75, 3.05) is 23.3 Å².